The maximum absolute atomic E-state index is 6.06. The first-order chi connectivity index (χ1) is 10.2. The van der Waals surface area contributed by atoms with Crippen LogP contribution >= 0.6 is 23.4 Å². The fraction of sp³-hybridized carbons (Fsp3) is 0.0625. The molecule has 0 aliphatic carbocycles. The third kappa shape index (κ3) is 2.77. The molecule has 2 aromatic carbocycles. The first kappa shape index (κ1) is 14.0. The van der Waals surface area contributed by atoms with E-state index in [1.165, 1.54) is 4.90 Å². The summed E-state index contributed by atoms with van der Waals surface area (Å²) in [5.41, 5.74) is 8.57. The Balaban J connectivity index is 2.12. The zero-order valence-corrected chi connectivity index (χ0v) is 12.9. The van der Waals surface area contributed by atoms with Crippen molar-refractivity contribution < 1.29 is 4.52 Å². The molecule has 0 saturated carbocycles. The molecule has 5 heteroatoms. The van der Waals surface area contributed by atoms with Crippen molar-refractivity contribution in [3.05, 3.63) is 53.6 Å². The molecule has 0 amide bonds. The summed E-state index contributed by atoms with van der Waals surface area (Å²) in [7, 11) is 0. The van der Waals surface area contributed by atoms with E-state index in [0.29, 0.717) is 16.6 Å². The maximum Gasteiger partial charge on any atom is 0.176 e. The topological polar surface area (TPSA) is 52.0 Å². The summed E-state index contributed by atoms with van der Waals surface area (Å²) in [5, 5.41) is 4.55. The average molecular weight is 317 g/mol. The molecule has 2 N–H and O–H groups in total. The van der Waals surface area contributed by atoms with E-state index in [0.717, 1.165) is 16.7 Å². The van der Waals surface area contributed by atoms with Crippen molar-refractivity contribution in [2.75, 3.05) is 12.0 Å². The van der Waals surface area contributed by atoms with Crippen LogP contribution < -0.4 is 5.73 Å². The second kappa shape index (κ2) is 5.84. The quantitative estimate of drug-likeness (QED) is 0.693. The van der Waals surface area contributed by atoms with Gasteiger partial charge in [0, 0.05) is 15.5 Å². The molecule has 21 heavy (non-hydrogen) atoms. The predicted octanol–water partition coefficient (Wildman–Crippen LogP) is 4.97. The molecule has 0 spiro atoms. The Kier molecular flexibility index (Phi) is 3.90. The van der Waals surface area contributed by atoms with Gasteiger partial charge < -0.3 is 10.3 Å². The van der Waals surface area contributed by atoms with Gasteiger partial charge in [0.25, 0.3) is 0 Å². The normalized spacial score (nSPS) is 10.8. The van der Waals surface area contributed by atoms with Gasteiger partial charge in [0.2, 0.25) is 0 Å². The lowest BCUT2D eigenvalue weighted by molar-refractivity contribution is 0.436. The second-order valence-corrected chi connectivity index (χ2v) is 5.83. The molecule has 3 aromatic rings. The van der Waals surface area contributed by atoms with Crippen molar-refractivity contribution >= 4 is 29.2 Å². The van der Waals surface area contributed by atoms with Crippen molar-refractivity contribution in [2.24, 2.45) is 0 Å². The number of rotatable bonds is 3. The number of benzene rings is 2. The number of nitrogens with zero attached hydrogens (tertiary/aromatic N) is 1. The lowest BCUT2D eigenvalue weighted by Gasteiger charge is -2.04. The van der Waals surface area contributed by atoms with E-state index in [-0.39, 0.29) is 0 Å². The van der Waals surface area contributed by atoms with Gasteiger partial charge in [-0.05, 0) is 48.2 Å². The fourth-order valence-electron chi connectivity index (χ4n) is 2.16. The van der Waals surface area contributed by atoms with Gasteiger partial charge in [-0.1, -0.05) is 28.9 Å². The van der Waals surface area contributed by atoms with Gasteiger partial charge in [0.1, 0.15) is 0 Å². The molecule has 106 valence electrons. The standard InChI is InChI=1S/C16H13ClN2OS/c1-21-13-7-5-10(6-8-13)15-14(16(18)19-20-15)11-3-2-4-12(17)9-11/h2-9H,1H3,(H2,18,19). The lowest BCUT2D eigenvalue weighted by Crippen LogP contribution is -1.89. The maximum atomic E-state index is 6.06. The van der Waals surface area contributed by atoms with Crippen LogP contribution in [0.4, 0.5) is 5.82 Å². The Morgan fingerprint density at radius 2 is 1.86 bits per heavy atom. The highest BCUT2D eigenvalue weighted by Gasteiger charge is 2.17. The molecule has 1 heterocycles. The zero-order chi connectivity index (χ0) is 14.8. The summed E-state index contributed by atoms with van der Waals surface area (Å²) in [4.78, 5) is 1.19. The summed E-state index contributed by atoms with van der Waals surface area (Å²) in [6, 6.07) is 15.6. The third-order valence-corrected chi connectivity index (χ3v) is 4.16. The molecule has 0 saturated heterocycles. The van der Waals surface area contributed by atoms with E-state index in [2.05, 4.69) is 5.16 Å². The van der Waals surface area contributed by atoms with Crippen molar-refractivity contribution in [1.82, 2.24) is 5.16 Å². The SMILES string of the molecule is CSc1ccc(-c2onc(N)c2-c2cccc(Cl)c2)cc1. The predicted molar refractivity (Wildman–Crippen MR) is 88.6 cm³/mol. The second-order valence-electron chi connectivity index (χ2n) is 4.51. The Morgan fingerprint density at radius 3 is 2.52 bits per heavy atom. The number of halogens is 1. The number of hydrogen-bond donors (Lipinski definition) is 1. The summed E-state index contributed by atoms with van der Waals surface area (Å²) < 4.78 is 5.42. The fourth-order valence-corrected chi connectivity index (χ4v) is 2.76. The minimum atomic E-state index is 0.362. The summed E-state index contributed by atoms with van der Waals surface area (Å²) in [5.74, 6) is 1.02. The molecule has 0 fully saturated rings. The smallest absolute Gasteiger partial charge is 0.176 e. The number of anilines is 1. The Labute approximate surface area is 132 Å². The molecule has 3 rings (SSSR count). The minimum Gasteiger partial charge on any atom is -0.380 e. The molecule has 0 radical (unpaired) electrons. The highest BCUT2D eigenvalue weighted by molar-refractivity contribution is 7.98. The van der Waals surface area contributed by atoms with Gasteiger partial charge in [0.15, 0.2) is 11.6 Å². The number of thioether (sulfide) groups is 1. The van der Waals surface area contributed by atoms with Gasteiger partial charge in [-0.25, -0.2) is 0 Å². The monoisotopic (exact) mass is 316 g/mol. The van der Waals surface area contributed by atoms with Crippen LogP contribution in [0.15, 0.2) is 57.9 Å². The van der Waals surface area contributed by atoms with Crippen LogP contribution in [0.5, 0.6) is 0 Å². The van der Waals surface area contributed by atoms with Gasteiger partial charge in [0.05, 0.1) is 5.56 Å². The van der Waals surface area contributed by atoms with Crippen LogP contribution in [-0.2, 0) is 0 Å². The molecule has 0 bridgehead atoms. The minimum absolute atomic E-state index is 0.362. The van der Waals surface area contributed by atoms with Crippen molar-refractivity contribution in [1.29, 1.82) is 0 Å². The Morgan fingerprint density at radius 1 is 1.10 bits per heavy atom. The first-order valence-electron chi connectivity index (χ1n) is 6.34. The molecule has 0 aliphatic rings. The van der Waals surface area contributed by atoms with Crippen LogP contribution in [0.2, 0.25) is 5.02 Å². The van der Waals surface area contributed by atoms with Gasteiger partial charge >= 0.3 is 0 Å². The first-order valence-corrected chi connectivity index (χ1v) is 7.95. The van der Waals surface area contributed by atoms with Crippen LogP contribution in [0.25, 0.3) is 22.5 Å². The van der Waals surface area contributed by atoms with Crippen molar-refractivity contribution in [2.45, 2.75) is 4.90 Å². The van der Waals surface area contributed by atoms with Gasteiger partial charge in [-0.3, -0.25) is 0 Å². The van der Waals surface area contributed by atoms with E-state index < -0.39 is 0 Å². The molecular formula is C16H13ClN2OS. The lowest BCUT2D eigenvalue weighted by atomic mass is 10.0. The van der Waals surface area contributed by atoms with E-state index in [9.17, 15) is 0 Å². The summed E-state index contributed by atoms with van der Waals surface area (Å²) >= 11 is 7.75. The Hall–Kier alpha value is -1.91. The van der Waals surface area contributed by atoms with Gasteiger partial charge in [-0.15, -0.1) is 11.8 Å². The highest BCUT2D eigenvalue weighted by atomic mass is 35.5. The van der Waals surface area contributed by atoms with Crippen molar-refractivity contribution in [3.63, 3.8) is 0 Å². The number of nitrogen functional groups attached to an aromatic ring is 1. The average Bonchev–Trinajstić information content (AvgIpc) is 2.89. The van der Waals surface area contributed by atoms with Crippen molar-refractivity contribution in [3.8, 4) is 22.5 Å². The van der Waals surface area contributed by atoms with Crippen LogP contribution in [0.3, 0.4) is 0 Å². The zero-order valence-electron chi connectivity index (χ0n) is 11.3. The van der Waals surface area contributed by atoms with E-state index >= 15 is 0 Å². The Bertz CT molecular complexity index is 768. The highest BCUT2D eigenvalue weighted by Crippen LogP contribution is 2.37. The molecular weight excluding hydrogens is 304 g/mol. The molecule has 3 nitrogen and oxygen atoms in total. The molecule has 0 unspecified atom stereocenters. The summed E-state index contributed by atoms with van der Waals surface area (Å²) in [6.07, 6.45) is 2.04. The molecule has 0 aliphatic heterocycles. The number of aromatic nitrogens is 1. The molecule has 0 atom stereocenters. The summed E-state index contributed by atoms with van der Waals surface area (Å²) in [6.45, 7) is 0. The van der Waals surface area contributed by atoms with Crippen LogP contribution in [0.1, 0.15) is 0 Å². The van der Waals surface area contributed by atoms with E-state index in [1.54, 1.807) is 11.8 Å². The molecule has 1 aromatic heterocycles. The largest absolute Gasteiger partial charge is 0.380 e. The van der Waals surface area contributed by atoms with E-state index in [4.69, 9.17) is 21.9 Å². The van der Waals surface area contributed by atoms with E-state index in [1.807, 2.05) is 54.8 Å². The van der Waals surface area contributed by atoms with Crippen LogP contribution in [-0.4, -0.2) is 11.4 Å². The third-order valence-electron chi connectivity index (χ3n) is 3.18. The number of nitrogens with two attached hydrogens (primary N) is 1. The van der Waals surface area contributed by atoms with Crippen LogP contribution in [0, 0.1) is 0 Å². The number of hydrogen-bond acceptors (Lipinski definition) is 4. The van der Waals surface area contributed by atoms with Gasteiger partial charge in [-0.2, -0.15) is 0 Å².